The first-order valence-corrected chi connectivity index (χ1v) is 5.53. The first-order valence-electron chi connectivity index (χ1n) is 4.48. The fourth-order valence-corrected chi connectivity index (χ4v) is 2.89. The maximum Gasteiger partial charge on any atom is 0.0434 e. The number of rotatable bonds is 4. The van der Waals surface area contributed by atoms with Gasteiger partial charge in [0, 0.05) is 11.9 Å². The Morgan fingerprint density at radius 2 is 2.18 bits per heavy atom. The normalized spacial score (nSPS) is 26.7. The Bertz CT molecular complexity index is 110. The zero-order chi connectivity index (χ0) is 8.27. The van der Waals surface area contributed by atoms with Crippen molar-refractivity contribution in [2.75, 3.05) is 12.4 Å². The monoisotopic (exact) mass is 174 g/mol. The van der Waals surface area contributed by atoms with Crippen molar-refractivity contribution in [2.24, 2.45) is 11.8 Å². The van der Waals surface area contributed by atoms with Crippen LogP contribution < -0.4 is 0 Å². The highest BCUT2D eigenvalue weighted by Gasteiger charge is 2.29. The minimum absolute atomic E-state index is 0.361. The molecule has 0 saturated carbocycles. The molecule has 1 saturated heterocycles. The van der Waals surface area contributed by atoms with Crippen molar-refractivity contribution in [1.29, 1.82) is 0 Å². The van der Waals surface area contributed by atoms with Crippen LogP contribution in [0.3, 0.4) is 0 Å². The summed E-state index contributed by atoms with van der Waals surface area (Å²) >= 11 is 2.07. The Morgan fingerprint density at radius 1 is 1.55 bits per heavy atom. The Kier molecular flexibility index (Phi) is 3.73. The molecule has 1 nitrogen and oxygen atoms in total. The molecule has 1 fully saturated rings. The van der Waals surface area contributed by atoms with E-state index in [1.54, 1.807) is 0 Å². The molecule has 0 aromatic rings. The maximum atomic E-state index is 8.84. The van der Waals surface area contributed by atoms with Crippen LogP contribution in [-0.2, 0) is 0 Å². The fourth-order valence-electron chi connectivity index (χ4n) is 1.69. The van der Waals surface area contributed by atoms with Gasteiger partial charge in [0.25, 0.3) is 0 Å². The van der Waals surface area contributed by atoms with E-state index >= 15 is 0 Å². The molecule has 0 amide bonds. The molecule has 0 aromatic carbocycles. The van der Waals surface area contributed by atoms with Gasteiger partial charge >= 0.3 is 0 Å². The third kappa shape index (κ3) is 2.38. The number of aliphatic hydroxyl groups excluding tert-OH is 1. The first-order chi connectivity index (χ1) is 5.25. The molecular weight excluding hydrogens is 156 g/mol. The van der Waals surface area contributed by atoms with E-state index in [1.807, 2.05) is 0 Å². The van der Waals surface area contributed by atoms with Gasteiger partial charge in [0.1, 0.15) is 0 Å². The van der Waals surface area contributed by atoms with Crippen molar-refractivity contribution in [1.82, 2.24) is 0 Å². The molecule has 1 rings (SSSR count). The molecule has 11 heavy (non-hydrogen) atoms. The molecule has 2 unspecified atom stereocenters. The van der Waals surface area contributed by atoms with Crippen molar-refractivity contribution in [3.8, 4) is 0 Å². The SMILES string of the molecule is CC(C)C(CCO)C1CCS1. The molecule has 0 bridgehead atoms. The number of hydrogen-bond donors (Lipinski definition) is 1. The van der Waals surface area contributed by atoms with Gasteiger partial charge in [-0.15, -0.1) is 0 Å². The van der Waals surface area contributed by atoms with Crippen molar-refractivity contribution < 1.29 is 5.11 Å². The highest BCUT2D eigenvalue weighted by Crippen LogP contribution is 2.38. The fraction of sp³-hybridized carbons (Fsp3) is 1.00. The lowest BCUT2D eigenvalue weighted by Crippen LogP contribution is -2.30. The van der Waals surface area contributed by atoms with Crippen molar-refractivity contribution in [3.05, 3.63) is 0 Å². The highest BCUT2D eigenvalue weighted by atomic mass is 32.2. The highest BCUT2D eigenvalue weighted by molar-refractivity contribution is 8.01. The summed E-state index contributed by atoms with van der Waals surface area (Å²) in [6.07, 6.45) is 2.36. The van der Waals surface area contributed by atoms with Crippen molar-refractivity contribution in [3.63, 3.8) is 0 Å². The summed E-state index contributed by atoms with van der Waals surface area (Å²) in [5.74, 6) is 2.82. The Hall–Kier alpha value is 0.310. The first kappa shape index (κ1) is 9.40. The summed E-state index contributed by atoms with van der Waals surface area (Å²) < 4.78 is 0. The molecule has 0 radical (unpaired) electrons. The van der Waals surface area contributed by atoms with Gasteiger partial charge in [0.15, 0.2) is 0 Å². The second kappa shape index (κ2) is 4.36. The standard InChI is InChI=1S/C9H18OS/c1-7(2)8(3-5-10)9-4-6-11-9/h7-10H,3-6H2,1-2H3. The van der Waals surface area contributed by atoms with E-state index < -0.39 is 0 Å². The molecular formula is C9H18OS. The number of aliphatic hydroxyl groups is 1. The van der Waals surface area contributed by atoms with Crippen LogP contribution in [0.2, 0.25) is 0 Å². The molecule has 0 aliphatic carbocycles. The van der Waals surface area contributed by atoms with E-state index in [1.165, 1.54) is 12.2 Å². The van der Waals surface area contributed by atoms with Crippen molar-refractivity contribution in [2.45, 2.75) is 31.9 Å². The second-order valence-corrected chi connectivity index (χ2v) is 4.97. The van der Waals surface area contributed by atoms with Gasteiger partial charge in [-0.3, -0.25) is 0 Å². The smallest absolute Gasteiger partial charge is 0.0434 e. The van der Waals surface area contributed by atoms with Gasteiger partial charge < -0.3 is 5.11 Å². The van der Waals surface area contributed by atoms with Crippen LogP contribution in [0, 0.1) is 11.8 Å². The predicted octanol–water partition coefficient (Wildman–Crippen LogP) is 2.15. The summed E-state index contributed by atoms with van der Waals surface area (Å²) in [6.45, 7) is 4.89. The van der Waals surface area contributed by atoms with Crippen LogP contribution >= 0.6 is 11.8 Å². The zero-order valence-corrected chi connectivity index (χ0v) is 8.23. The van der Waals surface area contributed by atoms with E-state index in [9.17, 15) is 0 Å². The quantitative estimate of drug-likeness (QED) is 0.704. The van der Waals surface area contributed by atoms with Crippen LogP contribution in [0.1, 0.15) is 26.7 Å². The Balaban J connectivity index is 2.31. The molecule has 66 valence electrons. The van der Waals surface area contributed by atoms with E-state index in [2.05, 4.69) is 25.6 Å². The average molecular weight is 174 g/mol. The number of hydrogen-bond acceptors (Lipinski definition) is 2. The predicted molar refractivity (Wildman–Crippen MR) is 50.9 cm³/mol. The summed E-state index contributed by atoms with van der Waals surface area (Å²) in [5, 5.41) is 9.69. The molecule has 1 N–H and O–H groups in total. The van der Waals surface area contributed by atoms with Gasteiger partial charge in [0.2, 0.25) is 0 Å². The molecule has 1 aliphatic heterocycles. The lowest BCUT2D eigenvalue weighted by atomic mass is 9.88. The van der Waals surface area contributed by atoms with Crippen LogP contribution in [0.5, 0.6) is 0 Å². The summed E-state index contributed by atoms with van der Waals surface area (Å²) in [7, 11) is 0. The van der Waals surface area contributed by atoms with E-state index in [0.717, 1.165) is 23.5 Å². The minimum Gasteiger partial charge on any atom is -0.396 e. The van der Waals surface area contributed by atoms with Gasteiger partial charge in [-0.2, -0.15) is 11.8 Å². The van der Waals surface area contributed by atoms with E-state index in [0.29, 0.717) is 6.61 Å². The lowest BCUT2D eigenvalue weighted by molar-refractivity contribution is 0.224. The topological polar surface area (TPSA) is 20.2 Å². The third-order valence-electron chi connectivity index (χ3n) is 2.53. The third-order valence-corrected chi connectivity index (χ3v) is 4.02. The summed E-state index contributed by atoms with van der Waals surface area (Å²) in [6, 6.07) is 0. The second-order valence-electron chi connectivity index (χ2n) is 3.62. The summed E-state index contributed by atoms with van der Waals surface area (Å²) in [4.78, 5) is 0. The largest absolute Gasteiger partial charge is 0.396 e. The molecule has 2 heteroatoms. The number of thioether (sulfide) groups is 1. The Morgan fingerprint density at radius 3 is 2.45 bits per heavy atom. The van der Waals surface area contributed by atoms with E-state index in [4.69, 9.17) is 5.11 Å². The molecule has 0 spiro atoms. The maximum absolute atomic E-state index is 8.84. The van der Waals surface area contributed by atoms with Gasteiger partial charge in [-0.1, -0.05) is 13.8 Å². The van der Waals surface area contributed by atoms with Gasteiger partial charge in [-0.05, 0) is 30.4 Å². The minimum atomic E-state index is 0.361. The summed E-state index contributed by atoms with van der Waals surface area (Å²) in [5.41, 5.74) is 0. The van der Waals surface area contributed by atoms with Gasteiger partial charge in [0.05, 0.1) is 0 Å². The van der Waals surface area contributed by atoms with Crippen LogP contribution in [0.25, 0.3) is 0 Å². The van der Waals surface area contributed by atoms with E-state index in [-0.39, 0.29) is 0 Å². The molecule has 1 aliphatic rings. The average Bonchev–Trinajstić information content (AvgIpc) is 1.82. The zero-order valence-electron chi connectivity index (χ0n) is 7.42. The van der Waals surface area contributed by atoms with Gasteiger partial charge in [-0.25, -0.2) is 0 Å². The van der Waals surface area contributed by atoms with Crippen LogP contribution in [-0.4, -0.2) is 22.7 Å². The Labute approximate surface area is 73.6 Å². The van der Waals surface area contributed by atoms with Crippen LogP contribution in [0.15, 0.2) is 0 Å². The molecule has 1 heterocycles. The van der Waals surface area contributed by atoms with Crippen LogP contribution in [0.4, 0.5) is 0 Å². The lowest BCUT2D eigenvalue weighted by Gasteiger charge is -2.35. The molecule has 2 atom stereocenters. The molecule has 0 aromatic heterocycles. The van der Waals surface area contributed by atoms with Crippen molar-refractivity contribution >= 4 is 11.8 Å².